The minimum absolute atomic E-state index is 0.0920. The van der Waals surface area contributed by atoms with Gasteiger partial charge in [0.1, 0.15) is 5.75 Å². The molecule has 0 spiro atoms. The molecule has 7 nitrogen and oxygen atoms in total. The molecule has 2 aromatic carbocycles. The molecule has 1 heterocycles. The van der Waals surface area contributed by atoms with Crippen molar-refractivity contribution in [3.63, 3.8) is 0 Å². The summed E-state index contributed by atoms with van der Waals surface area (Å²) in [6.45, 7) is 5.01. The zero-order valence-corrected chi connectivity index (χ0v) is 19.6. The summed E-state index contributed by atoms with van der Waals surface area (Å²) in [6.07, 6.45) is 1.50. The minimum Gasteiger partial charge on any atom is -0.484 e. The van der Waals surface area contributed by atoms with Crippen LogP contribution in [0.5, 0.6) is 5.75 Å². The van der Waals surface area contributed by atoms with E-state index in [2.05, 4.69) is 19.2 Å². The van der Waals surface area contributed by atoms with Gasteiger partial charge >= 0.3 is 0 Å². The molecule has 0 radical (unpaired) electrons. The number of nitrogens with zero attached hydrogens (tertiary/aromatic N) is 2. The average Bonchev–Trinajstić information content (AvgIpc) is 3.32. The normalized spacial score (nSPS) is 10.7. The Morgan fingerprint density at radius 2 is 1.79 bits per heavy atom. The summed E-state index contributed by atoms with van der Waals surface area (Å²) >= 11 is 0. The second-order valence-corrected chi connectivity index (χ2v) is 8.44. The van der Waals surface area contributed by atoms with Crippen molar-refractivity contribution >= 4 is 23.2 Å². The van der Waals surface area contributed by atoms with E-state index in [1.54, 1.807) is 29.2 Å². The molecule has 0 aliphatic carbocycles. The molecular weight excluding hydrogens is 418 g/mol. The largest absolute Gasteiger partial charge is 0.484 e. The smallest absolute Gasteiger partial charge is 0.289 e. The van der Waals surface area contributed by atoms with Crippen LogP contribution in [0.2, 0.25) is 0 Å². The number of rotatable bonds is 10. The SMILES string of the molecule is CC(C)CN(Cc1cc(NC(=O)COc2ccccc2)ccc1N(C)C)C(=O)c1ccco1. The van der Waals surface area contributed by atoms with Gasteiger partial charge in [-0.15, -0.1) is 0 Å². The number of amides is 2. The molecule has 3 rings (SSSR count). The van der Waals surface area contributed by atoms with Crippen LogP contribution in [-0.2, 0) is 11.3 Å². The molecule has 33 heavy (non-hydrogen) atoms. The van der Waals surface area contributed by atoms with Gasteiger partial charge in [0.15, 0.2) is 12.4 Å². The van der Waals surface area contributed by atoms with Crippen molar-refractivity contribution in [2.45, 2.75) is 20.4 Å². The molecule has 0 saturated heterocycles. The van der Waals surface area contributed by atoms with Gasteiger partial charge in [0.2, 0.25) is 0 Å². The molecule has 0 fully saturated rings. The molecule has 0 aliphatic rings. The fourth-order valence-corrected chi connectivity index (χ4v) is 3.51. The van der Waals surface area contributed by atoms with Crippen molar-refractivity contribution < 1.29 is 18.7 Å². The first kappa shape index (κ1) is 23.9. The van der Waals surface area contributed by atoms with E-state index in [-0.39, 0.29) is 24.3 Å². The van der Waals surface area contributed by atoms with Crippen LogP contribution in [0.25, 0.3) is 0 Å². The number of carbonyl (C=O) groups is 2. The van der Waals surface area contributed by atoms with Crippen molar-refractivity contribution in [3.8, 4) is 5.75 Å². The Kier molecular flexibility index (Phi) is 8.13. The van der Waals surface area contributed by atoms with E-state index in [1.807, 2.05) is 55.4 Å². The Morgan fingerprint density at radius 1 is 1.03 bits per heavy atom. The van der Waals surface area contributed by atoms with Gasteiger partial charge in [-0.05, 0) is 53.9 Å². The molecule has 1 N–H and O–H groups in total. The van der Waals surface area contributed by atoms with Crippen LogP contribution in [0, 0.1) is 5.92 Å². The first-order valence-electron chi connectivity index (χ1n) is 10.9. The van der Waals surface area contributed by atoms with Gasteiger partial charge in [-0.3, -0.25) is 9.59 Å². The highest BCUT2D eigenvalue weighted by Crippen LogP contribution is 2.26. The van der Waals surface area contributed by atoms with E-state index < -0.39 is 0 Å². The number of hydrogen-bond donors (Lipinski definition) is 1. The molecule has 0 unspecified atom stereocenters. The van der Waals surface area contributed by atoms with Crippen molar-refractivity contribution in [2.75, 3.05) is 37.5 Å². The Balaban J connectivity index is 1.76. The van der Waals surface area contributed by atoms with Crippen LogP contribution in [0.3, 0.4) is 0 Å². The lowest BCUT2D eigenvalue weighted by atomic mass is 10.1. The molecule has 0 atom stereocenters. The van der Waals surface area contributed by atoms with E-state index >= 15 is 0 Å². The van der Waals surface area contributed by atoms with Gasteiger partial charge in [0.05, 0.1) is 6.26 Å². The van der Waals surface area contributed by atoms with Crippen LogP contribution in [-0.4, -0.2) is 44.0 Å². The molecule has 0 aliphatic heterocycles. The maximum Gasteiger partial charge on any atom is 0.289 e. The molecule has 7 heteroatoms. The van der Waals surface area contributed by atoms with E-state index in [9.17, 15) is 9.59 Å². The van der Waals surface area contributed by atoms with E-state index in [1.165, 1.54) is 6.26 Å². The Bertz CT molecular complexity index is 1050. The third kappa shape index (κ3) is 6.87. The van der Waals surface area contributed by atoms with Crippen LogP contribution in [0.15, 0.2) is 71.3 Å². The summed E-state index contributed by atoms with van der Waals surface area (Å²) < 4.78 is 10.9. The van der Waals surface area contributed by atoms with Crippen molar-refractivity contribution in [1.29, 1.82) is 0 Å². The first-order valence-corrected chi connectivity index (χ1v) is 10.9. The summed E-state index contributed by atoms with van der Waals surface area (Å²) in [5.74, 6) is 0.809. The van der Waals surface area contributed by atoms with Crippen LogP contribution >= 0.6 is 0 Å². The molecule has 3 aromatic rings. The van der Waals surface area contributed by atoms with Crippen LogP contribution in [0.1, 0.15) is 30.0 Å². The van der Waals surface area contributed by atoms with Gasteiger partial charge in [-0.1, -0.05) is 32.0 Å². The summed E-state index contributed by atoms with van der Waals surface area (Å²) in [5.41, 5.74) is 2.53. The quantitative estimate of drug-likeness (QED) is 0.487. The molecule has 0 saturated carbocycles. The third-order valence-electron chi connectivity index (χ3n) is 4.92. The van der Waals surface area contributed by atoms with Gasteiger partial charge in [-0.25, -0.2) is 0 Å². The van der Waals surface area contributed by atoms with Crippen molar-refractivity contribution in [1.82, 2.24) is 4.90 Å². The average molecular weight is 450 g/mol. The fraction of sp³-hybridized carbons (Fsp3) is 0.308. The summed E-state index contributed by atoms with van der Waals surface area (Å²) in [4.78, 5) is 29.2. The summed E-state index contributed by atoms with van der Waals surface area (Å²) in [7, 11) is 3.90. The highest BCUT2D eigenvalue weighted by Gasteiger charge is 2.21. The number of nitrogens with one attached hydrogen (secondary N) is 1. The lowest BCUT2D eigenvalue weighted by molar-refractivity contribution is -0.118. The zero-order valence-electron chi connectivity index (χ0n) is 19.6. The van der Waals surface area contributed by atoms with E-state index in [0.29, 0.717) is 30.3 Å². The van der Waals surface area contributed by atoms with Gasteiger partial charge in [0.25, 0.3) is 11.8 Å². The molecular formula is C26H31N3O4. The van der Waals surface area contributed by atoms with Crippen LogP contribution < -0.4 is 15.0 Å². The summed E-state index contributed by atoms with van der Waals surface area (Å²) in [6, 6.07) is 18.3. The fourth-order valence-electron chi connectivity index (χ4n) is 3.51. The second-order valence-electron chi connectivity index (χ2n) is 8.44. The van der Waals surface area contributed by atoms with Crippen molar-refractivity contribution in [3.05, 3.63) is 78.3 Å². The number of benzene rings is 2. The third-order valence-corrected chi connectivity index (χ3v) is 4.92. The number of ether oxygens (including phenoxy) is 1. The zero-order chi connectivity index (χ0) is 23.8. The topological polar surface area (TPSA) is 75.0 Å². The first-order chi connectivity index (χ1) is 15.8. The number of hydrogen-bond acceptors (Lipinski definition) is 5. The van der Waals surface area contributed by atoms with Gasteiger partial charge in [-0.2, -0.15) is 0 Å². The van der Waals surface area contributed by atoms with Crippen LogP contribution in [0.4, 0.5) is 11.4 Å². The maximum atomic E-state index is 13.0. The van der Waals surface area contributed by atoms with E-state index in [4.69, 9.17) is 9.15 Å². The van der Waals surface area contributed by atoms with Gasteiger partial charge < -0.3 is 24.3 Å². The Hall–Kier alpha value is -3.74. The monoisotopic (exact) mass is 449 g/mol. The Labute approximate surface area is 194 Å². The van der Waals surface area contributed by atoms with Gasteiger partial charge in [0, 0.05) is 38.6 Å². The predicted octanol–water partition coefficient (Wildman–Crippen LogP) is 4.66. The minimum atomic E-state index is -0.256. The number of furan rings is 1. The summed E-state index contributed by atoms with van der Waals surface area (Å²) in [5, 5.41) is 2.89. The Morgan fingerprint density at radius 3 is 2.42 bits per heavy atom. The lowest BCUT2D eigenvalue weighted by Crippen LogP contribution is -2.34. The lowest BCUT2D eigenvalue weighted by Gasteiger charge is -2.27. The molecule has 0 bridgehead atoms. The van der Waals surface area contributed by atoms with Crippen molar-refractivity contribution in [2.24, 2.45) is 5.92 Å². The molecule has 2 amide bonds. The predicted molar refractivity (Wildman–Crippen MR) is 130 cm³/mol. The molecule has 174 valence electrons. The maximum absolute atomic E-state index is 13.0. The second kappa shape index (κ2) is 11.2. The molecule has 1 aromatic heterocycles. The number of para-hydroxylation sites is 1. The number of carbonyl (C=O) groups excluding carboxylic acids is 2. The highest BCUT2D eigenvalue weighted by molar-refractivity contribution is 5.93. The number of anilines is 2. The standard InChI is InChI=1S/C26H31N3O4/c1-19(2)16-29(26(31)24-11-8-14-32-24)17-20-15-21(12-13-23(20)28(3)4)27-25(30)18-33-22-9-6-5-7-10-22/h5-15,19H,16-18H2,1-4H3,(H,27,30). The highest BCUT2D eigenvalue weighted by atomic mass is 16.5. The van der Waals surface area contributed by atoms with E-state index in [0.717, 1.165) is 11.3 Å².